The molecule has 4 nitrogen and oxygen atoms in total. The third-order valence-electron chi connectivity index (χ3n) is 1.50. The SMILES string of the molecule is O=C(NCCCCl)Nc1ccccn1. The lowest BCUT2D eigenvalue weighted by Crippen LogP contribution is -2.29. The number of nitrogens with zero attached hydrogens (tertiary/aromatic N) is 1. The lowest BCUT2D eigenvalue weighted by atomic mass is 10.4. The van der Waals surface area contributed by atoms with Gasteiger partial charge < -0.3 is 5.32 Å². The third-order valence-corrected chi connectivity index (χ3v) is 1.77. The van der Waals surface area contributed by atoms with Crippen LogP contribution in [-0.2, 0) is 0 Å². The number of hydrogen-bond donors (Lipinski definition) is 2. The van der Waals surface area contributed by atoms with Gasteiger partial charge in [0.1, 0.15) is 5.82 Å². The predicted octanol–water partition coefficient (Wildman–Crippen LogP) is 1.83. The second-order valence-corrected chi connectivity index (χ2v) is 3.02. The molecule has 0 saturated carbocycles. The van der Waals surface area contributed by atoms with Crippen LogP contribution in [0.1, 0.15) is 6.42 Å². The van der Waals surface area contributed by atoms with Crippen molar-refractivity contribution in [1.29, 1.82) is 0 Å². The molecule has 0 unspecified atom stereocenters. The third kappa shape index (κ3) is 4.09. The lowest BCUT2D eigenvalue weighted by Gasteiger charge is -2.05. The van der Waals surface area contributed by atoms with Crippen molar-refractivity contribution in [1.82, 2.24) is 10.3 Å². The number of nitrogens with one attached hydrogen (secondary N) is 2. The fourth-order valence-corrected chi connectivity index (χ4v) is 1.000. The normalized spacial score (nSPS) is 9.50. The number of alkyl halides is 1. The fourth-order valence-electron chi connectivity index (χ4n) is 0.866. The van der Waals surface area contributed by atoms with Crippen LogP contribution in [0.4, 0.5) is 10.6 Å². The van der Waals surface area contributed by atoms with E-state index in [4.69, 9.17) is 11.6 Å². The first-order valence-corrected chi connectivity index (χ1v) is 4.88. The quantitative estimate of drug-likeness (QED) is 0.592. The molecule has 1 rings (SSSR count). The first-order valence-electron chi connectivity index (χ1n) is 4.35. The Morgan fingerprint density at radius 3 is 3.00 bits per heavy atom. The Hall–Kier alpha value is -1.29. The number of carbonyl (C=O) groups is 1. The Kier molecular flexibility index (Phi) is 4.78. The van der Waals surface area contributed by atoms with E-state index in [0.29, 0.717) is 18.2 Å². The Morgan fingerprint density at radius 1 is 1.50 bits per heavy atom. The molecule has 0 aliphatic carbocycles. The van der Waals surface area contributed by atoms with Crippen LogP contribution in [0.3, 0.4) is 0 Å². The molecule has 76 valence electrons. The van der Waals surface area contributed by atoms with Crippen LogP contribution >= 0.6 is 11.6 Å². The first kappa shape index (κ1) is 10.8. The highest BCUT2D eigenvalue weighted by molar-refractivity contribution is 6.17. The van der Waals surface area contributed by atoms with Gasteiger partial charge in [0.15, 0.2) is 0 Å². The highest BCUT2D eigenvalue weighted by Crippen LogP contribution is 1.98. The lowest BCUT2D eigenvalue weighted by molar-refractivity contribution is 0.252. The molecule has 2 N–H and O–H groups in total. The summed E-state index contributed by atoms with van der Waals surface area (Å²) in [6.07, 6.45) is 2.38. The molecule has 0 atom stereocenters. The average molecular weight is 214 g/mol. The van der Waals surface area contributed by atoms with Crippen LogP contribution in [0.5, 0.6) is 0 Å². The van der Waals surface area contributed by atoms with E-state index in [-0.39, 0.29) is 6.03 Å². The maximum absolute atomic E-state index is 11.2. The molecule has 14 heavy (non-hydrogen) atoms. The monoisotopic (exact) mass is 213 g/mol. The topological polar surface area (TPSA) is 54.0 Å². The molecule has 1 aromatic heterocycles. The molecule has 0 fully saturated rings. The van der Waals surface area contributed by atoms with Crippen molar-refractivity contribution >= 4 is 23.4 Å². The molecule has 1 aromatic rings. The molecule has 0 radical (unpaired) electrons. The molecule has 0 aliphatic rings. The minimum atomic E-state index is -0.256. The maximum Gasteiger partial charge on any atom is 0.320 e. The summed E-state index contributed by atoms with van der Waals surface area (Å²) in [7, 11) is 0. The van der Waals surface area contributed by atoms with Gasteiger partial charge in [0.05, 0.1) is 0 Å². The van der Waals surface area contributed by atoms with Crippen LogP contribution in [0, 0.1) is 0 Å². The highest BCUT2D eigenvalue weighted by Gasteiger charge is 1.99. The van der Waals surface area contributed by atoms with Crippen molar-refractivity contribution < 1.29 is 4.79 Å². The van der Waals surface area contributed by atoms with Crippen molar-refractivity contribution in [2.24, 2.45) is 0 Å². The summed E-state index contributed by atoms with van der Waals surface area (Å²) in [5.41, 5.74) is 0. The molecule has 0 bridgehead atoms. The number of rotatable bonds is 4. The van der Waals surface area contributed by atoms with E-state index >= 15 is 0 Å². The number of urea groups is 1. The van der Waals surface area contributed by atoms with Gasteiger partial charge in [0, 0.05) is 18.6 Å². The van der Waals surface area contributed by atoms with E-state index < -0.39 is 0 Å². The number of hydrogen-bond acceptors (Lipinski definition) is 2. The zero-order valence-corrected chi connectivity index (χ0v) is 8.42. The summed E-state index contributed by atoms with van der Waals surface area (Å²) in [5, 5.41) is 5.25. The fraction of sp³-hybridized carbons (Fsp3) is 0.333. The van der Waals surface area contributed by atoms with Crippen LogP contribution in [0.15, 0.2) is 24.4 Å². The van der Waals surface area contributed by atoms with Gasteiger partial charge in [-0.1, -0.05) is 6.07 Å². The van der Waals surface area contributed by atoms with Gasteiger partial charge in [-0.15, -0.1) is 11.6 Å². The van der Waals surface area contributed by atoms with E-state index in [9.17, 15) is 4.79 Å². The molecule has 5 heteroatoms. The molecular formula is C9H12ClN3O. The van der Waals surface area contributed by atoms with Crippen LogP contribution in [0.2, 0.25) is 0 Å². The summed E-state index contributed by atoms with van der Waals surface area (Å²) < 4.78 is 0. The number of anilines is 1. The van der Waals surface area contributed by atoms with Crippen LogP contribution < -0.4 is 10.6 Å². The minimum Gasteiger partial charge on any atom is -0.338 e. The molecule has 0 aromatic carbocycles. The molecular weight excluding hydrogens is 202 g/mol. The minimum absolute atomic E-state index is 0.256. The van der Waals surface area contributed by atoms with Gasteiger partial charge in [-0.2, -0.15) is 0 Å². The molecule has 1 heterocycles. The summed E-state index contributed by atoms with van der Waals surface area (Å²) >= 11 is 5.46. The van der Waals surface area contributed by atoms with Gasteiger partial charge >= 0.3 is 6.03 Å². The van der Waals surface area contributed by atoms with Crippen LogP contribution in [0.25, 0.3) is 0 Å². The Morgan fingerprint density at radius 2 is 2.36 bits per heavy atom. The van der Waals surface area contributed by atoms with Gasteiger partial charge in [0.25, 0.3) is 0 Å². The van der Waals surface area contributed by atoms with Gasteiger partial charge in [-0.25, -0.2) is 9.78 Å². The van der Waals surface area contributed by atoms with Crippen LogP contribution in [-0.4, -0.2) is 23.4 Å². The van der Waals surface area contributed by atoms with E-state index in [1.807, 2.05) is 0 Å². The Bertz CT molecular complexity index is 279. The zero-order valence-electron chi connectivity index (χ0n) is 7.66. The van der Waals surface area contributed by atoms with E-state index in [2.05, 4.69) is 15.6 Å². The second kappa shape index (κ2) is 6.21. The van der Waals surface area contributed by atoms with Crippen molar-refractivity contribution in [3.05, 3.63) is 24.4 Å². The van der Waals surface area contributed by atoms with Gasteiger partial charge in [-0.3, -0.25) is 5.32 Å². The number of halogens is 1. The number of carbonyl (C=O) groups excluding carboxylic acids is 1. The van der Waals surface area contributed by atoms with Gasteiger partial charge in [0.2, 0.25) is 0 Å². The Balaban J connectivity index is 2.27. The predicted molar refractivity (Wildman–Crippen MR) is 56.6 cm³/mol. The van der Waals surface area contributed by atoms with E-state index in [0.717, 1.165) is 6.42 Å². The molecule has 2 amide bonds. The standard InChI is InChI=1S/C9H12ClN3O/c10-5-3-7-12-9(14)13-8-4-1-2-6-11-8/h1-2,4,6H,3,5,7H2,(H2,11,12,13,14). The van der Waals surface area contributed by atoms with Crippen molar-refractivity contribution in [3.63, 3.8) is 0 Å². The van der Waals surface area contributed by atoms with Crippen molar-refractivity contribution in [3.8, 4) is 0 Å². The van der Waals surface area contributed by atoms with Crippen molar-refractivity contribution in [2.45, 2.75) is 6.42 Å². The second-order valence-electron chi connectivity index (χ2n) is 2.64. The maximum atomic E-state index is 11.2. The molecule has 0 spiro atoms. The molecule has 0 aliphatic heterocycles. The van der Waals surface area contributed by atoms with Gasteiger partial charge in [-0.05, 0) is 18.6 Å². The first-order chi connectivity index (χ1) is 6.83. The summed E-state index contributed by atoms with van der Waals surface area (Å²) in [4.78, 5) is 15.1. The number of aromatic nitrogens is 1. The summed E-state index contributed by atoms with van der Waals surface area (Å²) in [6.45, 7) is 0.572. The number of pyridine rings is 1. The largest absolute Gasteiger partial charge is 0.338 e. The Labute approximate surface area is 87.7 Å². The molecule has 0 saturated heterocycles. The number of amides is 2. The van der Waals surface area contributed by atoms with Crippen molar-refractivity contribution in [2.75, 3.05) is 17.7 Å². The summed E-state index contributed by atoms with van der Waals surface area (Å²) in [6, 6.07) is 5.06. The van der Waals surface area contributed by atoms with E-state index in [1.165, 1.54) is 0 Å². The summed E-state index contributed by atoms with van der Waals surface area (Å²) in [5.74, 6) is 1.08. The highest BCUT2D eigenvalue weighted by atomic mass is 35.5. The zero-order chi connectivity index (χ0) is 10.2. The smallest absolute Gasteiger partial charge is 0.320 e. The average Bonchev–Trinajstić information content (AvgIpc) is 2.20. The van der Waals surface area contributed by atoms with E-state index in [1.54, 1.807) is 24.4 Å².